The van der Waals surface area contributed by atoms with Crippen molar-refractivity contribution in [2.24, 2.45) is 0 Å². The molecule has 2 rings (SSSR count). The van der Waals surface area contributed by atoms with Gasteiger partial charge in [-0.25, -0.2) is 4.98 Å². The molecule has 1 aromatic carbocycles. The van der Waals surface area contributed by atoms with Crippen molar-refractivity contribution >= 4 is 12.0 Å². The summed E-state index contributed by atoms with van der Waals surface area (Å²) >= 11 is 0. The number of benzene rings is 1. The summed E-state index contributed by atoms with van der Waals surface area (Å²) in [6.07, 6.45) is 2.03. The van der Waals surface area contributed by atoms with Gasteiger partial charge in [-0.1, -0.05) is 12.1 Å². The number of para-hydroxylation sites is 2. The molecule has 1 aromatic heterocycles. The predicted octanol–water partition coefficient (Wildman–Crippen LogP) is 2.90. The maximum Gasteiger partial charge on any atom is 0.311 e. The second-order valence-corrected chi connectivity index (χ2v) is 3.84. The number of aldehydes is 1. The topological polar surface area (TPSA) is 82.3 Å². The van der Waals surface area contributed by atoms with Crippen LogP contribution in [0.15, 0.2) is 36.5 Å². The van der Waals surface area contributed by atoms with E-state index >= 15 is 0 Å². The highest BCUT2D eigenvalue weighted by molar-refractivity contribution is 5.74. The van der Waals surface area contributed by atoms with Gasteiger partial charge in [0.05, 0.1) is 4.92 Å². The summed E-state index contributed by atoms with van der Waals surface area (Å²) in [6, 6.07) is 7.64. The first-order valence-corrected chi connectivity index (χ1v) is 5.45. The zero-order chi connectivity index (χ0) is 13.8. The summed E-state index contributed by atoms with van der Waals surface area (Å²) in [7, 11) is 0. The maximum atomic E-state index is 10.9. The molecule has 0 aliphatic carbocycles. The van der Waals surface area contributed by atoms with Gasteiger partial charge in [-0.3, -0.25) is 14.9 Å². The normalized spacial score (nSPS) is 9.95. The smallest absolute Gasteiger partial charge is 0.311 e. The Morgan fingerprint density at radius 3 is 2.74 bits per heavy atom. The number of hydrogen-bond donors (Lipinski definition) is 0. The molecule has 19 heavy (non-hydrogen) atoms. The van der Waals surface area contributed by atoms with E-state index < -0.39 is 4.92 Å². The largest absolute Gasteiger partial charge is 0.432 e. The molecule has 0 unspecified atom stereocenters. The zero-order valence-corrected chi connectivity index (χ0v) is 10.1. The fraction of sp³-hybridized carbons (Fsp3) is 0.0769. The molecule has 0 atom stereocenters. The minimum absolute atomic E-state index is 0.113. The third kappa shape index (κ3) is 2.74. The van der Waals surface area contributed by atoms with Gasteiger partial charge in [-0.2, -0.15) is 0 Å². The fourth-order valence-corrected chi connectivity index (χ4v) is 1.55. The Balaban J connectivity index is 2.36. The summed E-state index contributed by atoms with van der Waals surface area (Å²) in [5, 5.41) is 10.9. The molecular formula is C13H10N2O4. The van der Waals surface area contributed by atoms with Gasteiger partial charge >= 0.3 is 5.69 Å². The molecule has 0 radical (unpaired) electrons. The highest BCUT2D eigenvalue weighted by Crippen LogP contribution is 2.31. The highest BCUT2D eigenvalue weighted by Gasteiger charge is 2.15. The Labute approximate surface area is 108 Å². The van der Waals surface area contributed by atoms with Crippen LogP contribution in [0.2, 0.25) is 0 Å². The van der Waals surface area contributed by atoms with E-state index in [1.807, 2.05) is 0 Å². The van der Waals surface area contributed by atoms with Crippen molar-refractivity contribution in [3.63, 3.8) is 0 Å². The molecule has 0 bridgehead atoms. The second kappa shape index (κ2) is 5.26. The summed E-state index contributed by atoms with van der Waals surface area (Å²) in [6.45, 7) is 1.71. The van der Waals surface area contributed by atoms with E-state index in [2.05, 4.69) is 4.98 Å². The van der Waals surface area contributed by atoms with Gasteiger partial charge in [-0.05, 0) is 19.1 Å². The van der Waals surface area contributed by atoms with Crippen LogP contribution in [0, 0.1) is 17.0 Å². The van der Waals surface area contributed by atoms with Crippen LogP contribution in [-0.2, 0) is 0 Å². The fourth-order valence-electron chi connectivity index (χ4n) is 1.55. The molecule has 0 amide bonds. The quantitative estimate of drug-likeness (QED) is 0.478. The van der Waals surface area contributed by atoms with Gasteiger partial charge in [0.25, 0.3) is 0 Å². The molecule has 0 aliphatic rings. The Hall–Kier alpha value is -2.76. The number of rotatable bonds is 4. The molecule has 0 saturated heterocycles. The van der Waals surface area contributed by atoms with Crippen molar-refractivity contribution in [1.29, 1.82) is 0 Å². The van der Waals surface area contributed by atoms with Crippen LogP contribution in [0.5, 0.6) is 11.6 Å². The van der Waals surface area contributed by atoms with Crippen LogP contribution in [0.4, 0.5) is 5.69 Å². The molecule has 0 spiro atoms. The van der Waals surface area contributed by atoms with E-state index in [0.717, 1.165) is 0 Å². The van der Waals surface area contributed by atoms with Crippen LogP contribution in [0.1, 0.15) is 15.9 Å². The number of carbonyl (C=O) groups is 1. The first-order valence-electron chi connectivity index (χ1n) is 5.45. The molecule has 1 heterocycles. The van der Waals surface area contributed by atoms with Crippen LogP contribution in [-0.4, -0.2) is 16.2 Å². The maximum absolute atomic E-state index is 10.9. The van der Waals surface area contributed by atoms with Crippen LogP contribution < -0.4 is 4.74 Å². The lowest BCUT2D eigenvalue weighted by Crippen LogP contribution is -1.96. The van der Waals surface area contributed by atoms with E-state index in [1.54, 1.807) is 25.1 Å². The van der Waals surface area contributed by atoms with Crippen molar-refractivity contribution in [3.8, 4) is 11.6 Å². The highest BCUT2D eigenvalue weighted by atomic mass is 16.6. The first kappa shape index (κ1) is 12.7. The van der Waals surface area contributed by atoms with Gasteiger partial charge in [-0.15, -0.1) is 0 Å². The predicted molar refractivity (Wildman–Crippen MR) is 67.5 cm³/mol. The molecule has 96 valence electrons. The number of nitrogens with zero attached hydrogens (tertiary/aromatic N) is 2. The Morgan fingerprint density at radius 1 is 1.37 bits per heavy atom. The Kier molecular flexibility index (Phi) is 3.51. The number of nitro groups is 1. The number of hydrogen-bond acceptors (Lipinski definition) is 5. The molecule has 6 nitrogen and oxygen atoms in total. The zero-order valence-electron chi connectivity index (χ0n) is 10.1. The van der Waals surface area contributed by atoms with Crippen molar-refractivity contribution in [2.45, 2.75) is 6.92 Å². The van der Waals surface area contributed by atoms with Gasteiger partial charge in [0.15, 0.2) is 6.29 Å². The van der Waals surface area contributed by atoms with E-state index in [9.17, 15) is 14.9 Å². The monoisotopic (exact) mass is 258 g/mol. The standard InChI is InChI=1S/C13H10N2O4/c1-9-6-10(8-16)7-14-13(9)19-12-5-3-2-4-11(12)15(17)18/h2-8H,1H3. The molecule has 2 aromatic rings. The molecule has 0 aliphatic heterocycles. The van der Waals surface area contributed by atoms with Gasteiger partial charge in [0.2, 0.25) is 11.6 Å². The Morgan fingerprint density at radius 2 is 2.11 bits per heavy atom. The van der Waals surface area contributed by atoms with Gasteiger partial charge < -0.3 is 4.74 Å². The molecule has 0 N–H and O–H groups in total. The third-order valence-electron chi connectivity index (χ3n) is 2.46. The molecule has 0 fully saturated rings. The minimum atomic E-state index is -0.523. The van der Waals surface area contributed by atoms with Crippen LogP contribution >= 0.6 is 0 Å². The van der Waals surface area contributed by atoms with E-state index in [0.29, 0.717) is 17.4 Å². The summed E-state index contributed by atoms with van der Waals surface area (Å²) in [5.41, 5.74) is 0.915. The van der Waals surface area contributed by atoms with Crippen LogP contribution in [0.25, 0.3) is 0 Å². The van der Waals surface area contributed by atoms with Crippen molar-refractivity contribution in [3.05, 3.63) is 57.8 Å². The average molecular weight is 258 g/mol. The SMILES string of the molecule is Cc1cc(C=O)cnc1Oc1ccccc1[N+](=O)[O-]. The van der Waals surface area contributed by atoms with Gasteiger partial charge in [0.1, 0.15) is 0 Å². The van der Waals surface area contributed by atoms with Crippen LogP contribution in [0.3, 0.4) is 0 Å². The summed E-state index contributed by atoms with van der Waals surface area (Å²) in [4.78, 5) is 24.9. The lowest BCUT2D eigenvalue weighted by Gasteiger charge is -2.07. The van der Waals surface area contributed by atoms with Crippen molar-refractivity contribution < 1.29 is 14.5 Å². The average Bonchev–Trinajstić information content (AvgIpc) is 2.41. The van der Waals surface area contributed by atoms with E-state index in [1.165, 1.54) is 18.3 Å². The van der Waals surface area contributed by atoms with E-state index in [-0.39, 0.29) is 17.3 Å². The first-order chi connectivity index (χ1) is 9.11. The van der Waals surface area contributed by atoms with Gasteiger partial charge in [0, 0.05) is 23.4 Å². The number of aromatic nitrogens is 1. The molecule has 6 heteroatoms. The summed E-state index contributed by atoms with van der Waals surface area (Å²) < 4.78 is 5.43. The van der Waals surface area contributed by atoms with Crippen molar-refractivity contribution in [2.75, 3.05) is 0 Å². The lowest BCUT2D eigenvalue weighted by molar-refractivity contribution is -0.385. The van der Waals surface area contributed by atoms with E-state index in [4.69, 9.17) is 4.74 Å². The number of ether oxygens (including phenoxy) is 1. The molecular weight excluding hydrogens is 248 g/mol. The summed E-state index contributed by atoms with van der Waals surface area (Å²) in [5.74, 6) is 0.349. The second-order valence-electron chi connectivity index (χ2n) is 3.84. The number of aryl methyl sites for hydroxylation is 1. The molecule has 0 saturated carbocycles. The van der Waals surface area contributed by atoms with Crippen molar-refractivity contribution in [1.82, 2.24) is 4.98 Å². The number of pyridine rings is 1. The number of carbonyl (C=O) groups excluding carboxylic acids is 1. The number of nitro benzene ring substituents is 1. The third-order valence-corrected chi connectivity index (χ3v) is 2.46. The Bertz CT molecular complexity index is 640. The minimum Gasteiger partial charge on any atom is -0.432 e. The lowest BCUT2D eigenvalue weighted by atomic mass is 10.2.